The van der Waals surface area contributed by atoms with E-state index in [1.54, 1.807) is 0 Å². The number of hydrogen-bond donors (Lipinski definition) is 1. The van der Waals surface area contributed by atoms with Crippen molar-refractivity contribution in [3.8, 4) is 6.07 Å². The first-order valence-corrected chi connectivity index (χ1v) is 8.27. The van der Waals surface area contributed by atoms with E-state index in [0.717, 1.165) is 53.8 Å². The van der Waals surface area contributed by atoms with Crippen LogP contribution in [0.25, 0.3) is 10.9 Å². The van der Waals surface area contributed by atoms with Crippen molar-refractivity contribution in [2.75, 3.05) is 13.2 Å². The molecule has 2 aromatic rings. The molecule has 1 atom stereocenters. The third-order valence-electron chi connectivity index (χ3n) is 4.58. The molecule has 4 nitrogen and oxygen atoms in total. The van der Waals surface area contributed by atoms with Gasteiger partial charge < -0.3 is 10.5 Å². The van der Waals surface area contributed by atoms with Crippen molar-refractivity contribution < 1.29 is 4.74 Å². The fraction of sp³-hybridized carbons (Fsp3) is 0.444. The Balaban J connectivity index is 2.31. The number of nitrogens with two attached hydrogens (primary N) is 1. The summed E-state index contributed by atoms with van der Waals surface area (Å²) in [7, 11) is 0. The Bertz CT molecular complexity index is 789. The highest BCUT2D eigenvalue weighted by atomic mass is 35.5. The van der Waals surface area contributed by atoms with Gasteiger partial charge in [0.25, 0.3) is 0 Å². The molecular weight excluding hydrogens is 310 g/mol. The van der Waals surface area contributed by atoms with Gasteiger partial charge in [-0.15, -0.1) is 0 Å². The Hall–Kier alpha value is -1.67. The molecule has 1 unspecified atom stereocenters. The molecule has 0 bridgehead atoms. The van der Waals surface area contributed by atoms with Crippen molar-refractivity contribution in [3.05, 3.63) is 39.5 Å². The topological polar surface area (TPSA) is 71.9 Å². The third-order valence-corrected chi connectivity index (χ3v) is 4.79. The lowest BCUT2D eigenvalue weighted by molar-refractivity contribution is 0.0844. The zero-order chi connectivity index (χ0) is 16.6. The van der Waals surface area contributed by atoms with E-state index >= 15 is 0 Å². The molecule has 0 aliphatic carbocycles. The molecule has 1 aliphatic heterocycles. The van der Waals surface area contributed by atoms with Gasteiger partial charge in [-0.2, -0.15) is 5.26 Å². The van der Waals surface area contributed by atoms with E-state index in [1.165, 1.54) is 0 Å². The van der Waals surface area contributed by atoms with E-state index in [9.17, 15) is 5.26 Å². The standard InChI is InChI=1S/C18H20ClN3O/c1-10-16(9-20)15-8-13(19)7-14(11(2)21)18(15)22-17(10)12-3-5-23-6-4-12/h7-8,11-12H,3-6,21H2,1-2H3. The normalized spacial score (nSPS) is 17.2. The van der Waals surface area contributed by atoms with E-state index in [0.29, 0.717) is 16.5 Å². The number of aromatic nitrogens is 1. The minimum absolute atomic E-state index is 0.194. The number of fused-ring (bicyclic) bond motifs is 1. The van der Waals surface area contributed by atoms with Gasteiger partial charge in [0, 0.05) is 41.3 Å². The molecule has 1 saturated heterocycles. The van der Waals surface area contributed by atoms with Crippen LogP contribution in [0.4, 0.5) is 0 Å². The average molecular weight is 330 g/mol. The number of nitriles is 1. The van der Waals surface area contributed by atoms with Crippen molar-refractivity contribution in [1.29, 1.82) is 5.26 Å². The van der Waals surface area contributed by atoms with Crippen molar-refractivity contribution in [3.63, 3.8) is 0 Å². The maximum absolute atomic E-state index is 9.68. The second-order valence-corrected chi connectivity index (χ2v) is 6.61. The number of ether oxygens (including phenoxy) is 1. The van der Waals surface area contributed by atoms with Gasteiger partial charge >= 0.3 is 0 Å². The number of halogens is 1. The average Bonchev–Trinajstić information content (AvgIpc) is 2.54. The van der Waals surface area contributed by atoms with Gasteiger partial charge in [0.2, 0.25) is 0 Å². The minimum Gasteiger partial charge on any atom is -0.381 e. The zero-order valence-corrected chi connectivity index (χ0v) is 14.2. The summed E-state index contributed by atoms with van der Waals surface area (Å²) in [6, 6.07) is 5.81. The summed E-state index contributed by atoms with van der Waals surface area (Å²) in [5.41, 5.74) is 10.4. The largest absolute Gasteiger partial charge is 0.381 e. The van der Waals surface area contributed by atoms with Crippen molar-refractivity contribution in [1.82, 2.24) is 4.98 Å². The first-order chi connectivity index (χ1) is 11.0. The molecule has 23 heavy (non-hydrogen) atoms. The van der Waals surface area contributed by atoms with Crippen molar-refractivity contribution >= 4 is 22.5 Å². The molecule has 120 valence electrons. The van der Waals surface area contributed by atoms with Crippen LogP contribution in [0.1, 0.15) is 54.1 Å². The Kier molecular flexibility index (Phi) is 4.54. The Morgan fingerprint density at radius 1 is 1.39 bits per heavy atom. The van der Waals surface area contributed by atoms with Crippen LogP contribution in [0.15, 0.2) is 12.1 Å². The summed E-state index contributed by atoms with van der Waals surface area (Å²) in [5.74, 6) is 0.330. The van der Waals surface area contributed by atoms with Gasteiger partial charge in [-0.3, -0.25) is 4.98 Å². The molecule has 2 N–H and O–H groups in total. The summed E-state index contributed by atoms with van der Waals surface area (Å²) < 4.78 is 5.45. The maximum Gasteiger partial charge on any atom is 0.100 e. The lowest BCUT2D eigenvalue weighted by Crippen LogP contribution is -2.17. The SMILES string of the molecule is Cc1c(C2CCOCC2)nc2c(C(C)N)cc(Cl)cc2c1C#N. The highest BCUT2D eigenvalue weighted by Crippen LogP contribution is 2.35. The fourth-order valence-electron chi connectivity index (χ4n) is 3.33. The van der Waals surface area contributed by atoms with Gasteiger partial charge in [0.15, 0.2) is 0 Å². The van der Waals surface area contributed by atoms with Crippen LogP contribution in [0.3, 0.4) is 0 Å². The van der Waals surface area contributed by atoms with Crippen LogP contribution in [-0.2, 0) is 4.74 Å². The van der Waals surface area contributed by atoms with Crippen LogP contribution in [0.2, 0.25) is 5.02 Å². The predicted octanol–water partition coefficient (Wildman–Crippen LogP) is 3.98. The van der Waals surface area contributed by atoms with E-state index in [4.69, 9.17) is 27.1 Å². The summed E-state index contributed by atoms with van der Waals surface area (Å²) in [4.78, 5) is 4.92. The van der Waals surface area contributed by atoms with Crippen LogP contribution >= 0.6 is 11.6 Å². The first-order valence-electron chi connectivity index (χ1n) is 7.90. The maximum atomic E-state index is 9.68. The molecule has 0 radical (unpaired) electrons. The monoisotopic (exact) mass is 329 g/mol. The second kappa shape index (κ2) is 6.45. The summed E-state index contributed by atoms with van der Waals surface area (Å²) >= 11 is 6.23. The van der Waals surface area contributed by atoms with Gasteiger partial charge in [-0.25, -0.2) is 0 Å². The summed E-state index contributed by atoms with van der Waals surface area (Å²) in [6.45, 7) is 5.37. The third kappa shape index (κ3) is 2.92. The second-order valence-electron chi connectivity index (χ2n) is 6.18. The Morgan fingerprint density at radius 2 is 2.09 bits per heavy atom. The molecule has 3 rings (SSSR count). The van der Waals surface area contributed by atoms with Crippen molar-refractivity contribution in [2.45, 2.75) is 38.6 Å². The number of nitrogens with zero attached hydrogens (tertiary/aromatic N) is 2. The Labute approximate surface area is 141 Å². The van der Waals surface area contributed by atoms with Crippen LogP contribution in [0.5, 0.6) is 0 Å². The molecule has 0 amide bonds. The Morgan fingerprint density at radius 3 is 2.70 bits per heavy atom. The molecule has 5 heteroatoms. The number of rotatable bonds is 2. The molecule has 1 aliphatic rings. The van der Waals surface area contributed by atoms with Gasteiger partial charge in [0.1, 0.15) is 6.07 Å². The molecule has 0 spiro atoms. The number of pyridine rings is 1. The van der Waals surface area contributed by atoms with Crippen LogP contribution in [-0.4, -0.2) is 18.2 Å². The highest BCUT2D eigenvalue weighted by molar-refractivity contribution is 6.31. The van der Waals surface area contributed by atoms with E-state index in [2.05, 4.69) is 6.07 Å². The van der Waals surface area contributed by atoms with Crippen LogP contribution < -0.4 is 5.73 Å². The fourth-order valence-corrected chi connectivity index (χ4v) is 3.56. The van der Waals surface area contributed by atoms with Gasteiger partial charge in [-0.1, -0.05) is 11.6 Å². The van der Waals surface area contributed by atoms with Crippen LogP contribution in [0, 0.1) is 18.3 Å². The summed E-state index contributed by atoms with van der Waals surface area (Å²) in [5, 5.41) is 11.1. The van der Waals surface area contributed by atoms with E-state index in [1.807, 2.05) is 26.0 Å². The van der Waals surface area contributed by atoms with Gasteiger partial charge in [0.05, 0.1) is 11.1 Å². The lowest BCUT2D eigenvalue weighted by Gasteiger charge is -2.24. The van der Waals surface area contributed by atoms with E-state index in [-0.39, 0.29) is 6.04 Å². The quantitative estimate of drug-likeness (QED) is 0.904. The lowest BCUT2D eigenvalue weighted by atomic mass is 9.89. The molecular formula is C18H20ClN3O. The first kappa shape index (κ1) is 16.2. The molecule has 0 saturated carbocycles. The zero-order valence-electron chi connectivity index (χ0n) is 13.4. The number of hydrogen-bond acceptors (Lipinski definition) is 4. The molecule has 1 aromatic heterocycles. The predicted molar refractivity (Wildman–Crippen MR) is 91.6 cm³/mol. The highest BCUT2D eigenvalue weighted by Gasteiger charge is 2.23. The molecule has 2 heterocycles. The van der Waals surface area contributed by atoms with Crippen molar-refractivity contribution in [2.24, 2.45) is 5.73 Å². The minimum atomic E-state index is -0.194. The molecule has 1 aromatic carbocycles. The van der Waals surface area contributed by atoms with Gasteiger partial charge in [-0.05, 0) is 49.9 Å². The smallest absolute Gasteiger partial charge is 0.100 e. The number of benzene rings is 1. The molecule has 1 fully saturated rings. The summed E-state index contributed by atoms with van der Waals surface area (Å²) in [6.07, 6.45) is 1.87. The van der Waals surface area contributed by atoms with E-state index < -0.39 is 0 Å².